The highest BCUT2D eigenvalue weighted by molar-refractivity contribution is 6.35. The zero-order chi connectivity index (χ0) is 14.8. The Morgan fingerprint density at radius 2 is 2.29 bits per heavy atom. The van der Waals surface area contributed by atoms with Gasteiger partial charge in [-0.25, -0.2) is 4.98 Å². The Balaban J connectivity index is 1.83. The SMILES string of the molecule is CN(CC1CCCO1)C(=O)c1cc(Cl)c2ccccc2n1. The van der Waals surface area contributed by atoms with Crippen LogP contribution in [0.3, 0.4) is 0 Å². The van der Waals surface area contributed by atoms with Gasteiger partial charge in [0.1, 0.15) is 5.69 Å². The first kappa shape index (κ1) is 14.3. The molecule has 2 aromatic rings. The van der Waals surface area contributed by atoms with Crippen molar-refractivity contribution in [2.45, 2.75) is 18.9 Å². The maximum Gasteiger partial charge on any atom is 0.272 e. The molecule has 0 aliphatic carbocycles. The fourth-order valence-corrected chi connectivity index (χ4v) is 2.88. The third-order valence-corrected chi connectivity index (χ3v) is 4.05. The normalized spacial score (nSPS) is 18.1. The molecule has 0 spiro atoms. The minimum absolute atomic E-state index is 0.127. The molecule has 3 rings (SSSR count). The van der Waals surface area contributed by atoms with E-state index in [0.29, 0.717) is 17.3 Å². The molecule has 1 atom stereocenters. The number of halogens is 1. The fourth-order valence-electron chi connectivity index (χ4n) is 2.61. The molecular weight excluding hydrogens is 288 g/mol. The molecule has 1 amide bonds. The van der Waals surface area contributed by atoms with E-state index < -0.39 is 0 Å². The summed E-state index contributed by atoms with van der Waals surface area (Å²) in [7, 11) is 1.77. The predicted molar refractivity (Wildman–Crippen MR) is 82.7 cm³/mol. The Bertz CT molecular complexity index is 668. The van der Waals surface area contributed by atoms with E-state index >= 15 is 0 Å². The Morgan fingerprint density at radius 3 is 3.05 bits per heavy atom. The number of benzene rings is 1. The summed E-state index contributed by atoms with van der Waals surface area (Å²) in [5.41, 5.74) is 1.11. The smallest absolute Gasteiger partial charge is 0.272 e. The molecule has 21 heavy (non-hydrogen) atoms. The van der Waals surface area contributed by atoms with Crippen molar-refractivity contribution in [3.05, 3.63) is 41.0 Å². The second kappa shape index (κ2) is 6.00. The van der Waals surface area contributed by atoms with Gasteiger partial charge >= 0.3 is 0 Å². The summed E-state index contributed by atoms with van der Waals surface area (Å²) < 4.78 is 5.56. The largest absolute Gasteiger partial charge is 0.376 e. The van der Waals surface area contributed by atoms with Crippen LogP contribution in [0.25, 0.3) is 10.9 Å². The maximum atomic E-state index is 12.5. The summed E-state index contributed by atoms with van der Waals surface area (Å²) in [6, 6.07) is 9.18. The molecule has 4 nitrogen and oxygen atoms in total. The third kappa shape index (κ3) is 3.01. The van der Waals surface area contributed by atoms with Gasteiger partial charge in [0, 0.05) is 25.6 Å². The molecule has 1 unspecified atom stereocenters. The Hall–Kier alpha value is -1.65. The first-order valence-electron chi connectivity index (χ1n) is 7.07. The van der Waals surface area contributed by atoms with Crippen molar-refractivity contribution >= 4 is 28.4 Å². The number of carbonyl (C=O) groups excluding carboxylic acids is 1. The second-order valence-corrected chi connectivity index (χ2v) is 5.73. The molecule has 1 aliphatic rings. The highest BCUT2D eigenvalue weighted by atomic mass is 35.5. The number of carbonyl (C=O) groups is 1. The quantitative estimate of drug-likeness (QED) is 0.875. The lowest BCUT2D eigenvalue weighted by atomic mass is 10.2. The van der Waals surface area contributed by atoms with E-state index in [1.165, 1.54) is 0 Å². The first-order valence-corrected chi connectivity index (χ1v) is 7.45. The van der Waals surface area contributed by atoms with Crippen molar-refractivity contribution in [1.29, 1.82) is 0 Å². The van der Waals surface area contributed by atoms with Crippen LogP contribution in [-0.4, -0.2) is 42.1 Å². The zero-order valence-corrected chi connectivity index (χ0v) is 12.6. The topological polar surface area (TPSA) is 42.4 Å². The van der Waals surface area contributed by atoms with E-state index in [-0.39, 0.29) is 12.0 Å². The number of nitrogens with zero attached hydrogens (tertiary/aromatic N) is 2. The molecule has 0 bridgehead atoms. The fraction of sp³-hybridized carbons (Fsp3) is 0.375. The molecule has 0 radical (unpaired) electrons. The summed E-state index contributed by atoms with van der Waals surface area (Å²) >= 11 is 6.25. The van der Waals surface area contributed by atoms with Gasteiger partial charge in [-0.05, 0) is 25.0 Å². The van der Waals surface area contributed by atoms with E-state index in [1.54, 1.807) is 18.0 Å². The maximum absolute atomic E-state index is 12.5. The summed E-state index contributed by atoms with van der Waals surface area (Å²) in [5, 5.41) is 1.41. The number of hydrogen-bond donors (Lipinski definition) is 0. The number of pyridine rings is 1. The van der Waals surface area contributed by atoms with E-state index in [2.05, 4.69) is 4.98 Å². The van der Waals surface area contributed by atoms with Gasteiger partial charge in [0.05, 0.1) is 16.6 Å². The lowest BCUT2D eigenvalue weighted by Gasteiger charge is -2.20. The first-order chi connectivity index (χ1) is 10.1. The van der Waals surface area contributed by atoms with Crippen molar-refractivity contribution in [1.82, 2.24) is 9.88 Å². The van der Waals surface area contributed by atoms with Gasteiger partial charge in [-0.3, -0.25) is 4.79 Å². The molecule has 0 N–H and O–H groups in total. The number of hydrogen-bond acceptors (Lipinski definition) is 3. The van der Waals surface area contributed by atoms with Crippen molar-refractivity contribution in [3.63, 3.8) is 0 Å². The highest BCUT2D eigenvalue weighted by Gasteiger charge is 2.22. The molecule has 0 saturated carbocycles. The van der Waals surface area contributed by atoms with Gasteiger partial charge < -0.3 is 9.64 Å². The minimum Gasteiger partial charge on any atom is -0.376 e. The van der Waals surface area contributed by atoms with Crippen molar-refractivity contribution in [3.8, 4) is 0 Å². The number of likely N-dealkylation sites (N-methyl/N-ethyl adjacent to an activating group) is 1. The minimum atomic E-state index is -0.127. The second-order valence-electron chi connectivity index (χ2n) is 5.33. The average molecular weight is 305 g/mol. The van der Waals surface area contributed by atoms with Crippen LogP contribution in [0.1, 0.15) is 23.3 Å². The number of para-hydroxylation sites is 1. The van der Waals surface area contributed by atoms with Gasteiger partial charge in [0.15, 0.2) is 0 Å². The average Bonchev–Trinajstić information content (AvgIpc) is 2.99. The van der Waals surface area contributed by atoms with Crippen LogP contribution >= 0.6 is 11.6 Å². The van der Waals surface area contributed by atoms with Gasteiger partial charge in [-0.15, -0.1) is 0 Å². The van der Waals surface area contributed by atoms with Crippen LogP contribution in [0.5, 0.6) is 0 Å². The van der Waals surface area contributed by atoms with Crippen LogP contribution in [0, 0.1) is 0 Å². The van der Waals surface area contributed by atoms with Gasteiger partial charge in [-0.2, -0.15) is 0 Å². The zero-order valence-electron chi connectivity index (χ0n) is 11.9. The molecule has 1 aromatic heterocycles. The van der Waals surface area contributed by atoms with Gasteiger partial charge in [-0.1, -0.05) is 29.8 Å². The molecule has 1 saturated heterocycles. The Labute approximate surface area is 128 Å². The molecule has 1 aliphatic heterocycles. The predicted octanol–water partition coefficient (Wildman–Crippen LogP) is 3.14. The Morgan fingerprint density at radius 1 is 1.48 bits per heavy atom. The highest BCUT2D eigenvalue weighted by Crippen LogP contribution is 2.23. The summed E-state index contributed by atoms with van der Waals surface area (Å²) in [4.78, 5) is 18.5. The standard InChI is InChI=1S/C16H17ClN2O2/c1-19(10-11-5-4-8-21-11)16(20)15-9-13(17)12-6-2-3-7-14(12)18-15/h2-3,6-7,9,11H,4-5,8,10H2,1H3. The van der Waals surface area contributed by atoms with E-state index in [9.17, 15) is 4.79 Å². The Kier molecular flexibility index (Phi) is 4.08. The molecule has 2 heterocycles. The summed E-state index contributed by atoms with van der Waals surface area (Å²) in [6.45, 7) is 1.37. The number of amides is 1. The van der Waals surface area contributed by atoms with Crippen LogP contribution in [0.4, 0.5) is 0 Å². The molecule has 1 fully saturated rings. The van der Waals surface area contributed by atoms with Crippen LogP contribution < -0.4 is 0 Å². The van der Waals surface area contributed by atoms with Crippen LogP contribution in [-0.2, 0) is 4.74 Å². The third-order valence-electron chi connectivity index (χ3n) is 3.73. The molecule has 5 heteroatoms. The van der Waals surface area contributed by atoms with Crippen molar-refractivity contribution in [2.75, 3.05) is 20.2 Å². The van der Waals surface area contributed by atoms with E-state index in [1.807, 2.05) is 24.3 Å². The molecule has 110 valence electrons. The van der Waals surface area contributed by atoms with Crippen molar-refractivity contribution in [2.24, 2.45) is 0 Å². The number of ether oxygens (including phenoxy) is 1. The molecular formula is C16H17ClN2O2. The lowest BCUT2D eigenvalue weighted by molar-refractivity contribution is 0.0583. The van der Waals surface area contributed by atoms with Gasteiger partial charge in [0.2, 0.25) is 0 Å². The summed E-state index contributed by atoms with van der Waals surface area (Å²) in [5.74, 6) is -0.127. The van der Waals surface area contributed by atoms with Crippen molar-refractivity contribution < 1.29 is 9.53 Å². The number of rotatable bonds is 3. The van der Waals surface area contributed by atoms with Crippen LogP contribution in [0.15, 0.2) is 30.3 Å². The van der Waals surface area contributed by atoms with E-state index in [0.717, 1.165) is 30.4 Å². The number of fused-ring (bicyclic) bond motifs is 1. The van der Waals surface area contributed by atoms with Gasteiger partial charge in [0.25, 0.3) is 5.91 Å². The lowest BCUT2D eigenvalue weighted by Crippen LogP contribution is -2.34. The monoisotopic (exact) mass is 304 g/mol. The van der Waals surface area contributed by atoms with Crippen LogP contribution in [0.2, 0.25) is 5.02 Å². The number of aromatic nitrogens is 1. The summed E-state index contributed by atoms with van der Waals surface area (Å²) in [6.07, 6.45) is 2.20. The molecule has 1 aromatic carbocycles. The van der Waals surface area contributed by atoms with E-state index in [4.69, 9.17) is 16.3 Å².